The number of aromatic nitrogens is 2. The average molecular weight is 397 g/mol. The summed E-state index contributed by atoms with van der Waals surface area (Å²) in [6, 6.07) is 19.2. The summed E-state index contributed by atoms with van der Waals surface area (Å²) in [6.07, 6.45) is 6.96. The van der Waals surface area contributed by atoms with Gasteiger partial charge in [-0.15, -0.1) is 0 Å². The maximum atomic E-state index is 13.4. The molecule has 0 unspecified atom stereocenters. The van der Waals surface area contributed by atoms with Crippen LogP contribution in [0.1, 0.15) is 54.2 Å². The molecule has 0 saturated heterocycles. The first-order chi connectivity index (χ1) is 14.7. The molecule has 0 bridgehead atoms. The lowest BCUT2D eigenvalue weighted by Crippen LogP contribution is -2.04. The van der Waals surface area contributed by atoms with Gasteiger partial charge >= 0.3 is 0 Å². The van der Waals surface area contributed by atoms with Crippen LogP contribution in [0.5, 0.6) is 0 Å². The van der Waals surface area contributed by atoms with Crippen LogP contribution < -0.4 is 0 Å². The smallest absolute Gasteiger partial charge is 0.180 e. The fraction of sp³-hybridized carbons (Fsp3) is 0.296. The Balaban J connectivity index is 1.84. The van der Waals surface area contributed by atoms with E-state index in [-0.39, 0.29) is 5.78 Å². The van der Waals surface area contributed by atoms with Crippen LogP contribution in [-0.4, -0.2) is 14.8 Å². The average Bonchev–Trinajstić information content (AvgIpc) is 3.18. The van der Waals surface area contributed by atoms with E-state index in [0.717, 1.165) is 49.0 Å². The minimum atomic E-state index is 0.242. The van der Waals surface area contributed by atoms with Gasteiger partial charge < -0.3 is 4.57 Å². The molecule has 0 saturated carbocycles. The molecule has 152 valence electrons. The van der Waals surface area contributed by atoms with Gasteiger partial charge in [-0.2, -0.15) is 0 Å². The number of imidazole rings is 1. The predicted octanol–water partition coefficient (Wildman–Crippen LogP) is 6.70. The quantitative estimate of drug-likeness (QED) is 0.345. The second-order valence-corrected chi connectivity index (χ2v) is 8.42. The number of benzene rings is 2. The number of nitrogens with zero attached hydrogens (tertiary/aromatic N) is 2. The van der Waals surface area contributed by atoms with Crippen LogP contribution in [0.4, 0.5) is 0 Å². The fourth-order valence-electron chi connectivity index (χ4n) is 4.88. The molecule has 4 aromatic rings. The first kappa shape index (κ1) is 18.9. The van der Waals surface area contributed by atoms with E-state index in [0.29, 0.717) is 6.42 Å². The van der Waals surface area contributed by atoms with Gasteiger partial charge in [0.05, 0.1) is 11.4 Å². The lowest BCUT2D eigenvalue weighted by Gasteiger charge is -2.09. The highest BCUT2D eigenvalue weighted by molar-refractivity contribution is 6.04. The highest BCUT2D eigenvalue weighted by atomic mass is 16.1. The van der Waals surface area contributed by atoms with Gasteiger partial charge in [0.15, 0.2) is 5.78 Å². The summed E-state index contributed by atoms with van der Waals surface area (Å²) in [5.41, 5.74) is 9.37. The molecule has 0 radical (unpaired) electrons. The fourth-order valence-corrected chi connectivity index (χ4v) is 4.88. The molecule has 0 atom stereocenters. The molecule has 2 aromatic heterocycles. The van der Waals surface area contributed by atoms with E-state index in [2.05, 4.69) is 83.6 Å². The Morgan fingerprint density at radius 2 is 1.73 bits per heavy atom. The first-order valence-corrected chi connectivity index (χ1v) is 11.1. The molecule has 0 fully saturated rings. The zero-order valence-electron chi connectivity index (χ0n) is 17.8. The molecule has 0 N–H and O–H groups in total. The number of carbonyl (C=O) groups is 1. The zero-order chi connectivity index (χ0) is 20.7. The topological polar surface area (TPSA) is 26.4 Å². The van der Waals surface area contributed by atoms with Crippen molar-refractivity contribution in [2.24, 2.45) is 0 Å². The monoisotopic (exact) mass is 396 g/mol. The van der Waals surface area contributed by atoms with Crippen LogP contribution in [0, 0.1) is 6.92 Å². The maximum absolute atomic E-state index is 13.4. The van der Waals surface area contributed by atoms with E-state index in [1.54, 1.807) is 0 Å². The highest BCUT2D eigenvalue weighted by Crippen LogP contribution is 2.40. The van der Waals surface area contributed by atoms with Crippen molar-refractivity contribution < 1.29 is 4.79 Å². The second kappa shape index (κ2) is 7.64. The van der Waals surface area contributed by atoms with E-state index >= 15 is 0 Å². The van der Waals surface area contributed by atoms with Crippen molar-refractivity contribution in [3.05, 3.63) is 77.6 Å². The van der Waals surface area contributed by atoms with Gasteiger partial charge in [0, 0.05) is 30.3 Å². The van der Waals surface area contributed by atoms with Gasteiger partial charge in [0.2, 0.25) is 0 Å². The van der Waals surface area contributed by atoms with Crippen LogP contribution in [0.3, 0.4) is 0 Å². The van der Waals surface area contributed by atoms with Crippen molar-refractivity contribution in [3.8, 4) is 22.4 Å². The van der Waals surface area contributed by atoms with Gasteiger partial charge in [-0.3, -0.25) is 9.20 Å². The van der Waals surface area contributed by atoms with Crippen molar-refractivity contribution >= 4 is 11.4 Å². The van der Waals surface area contributed by atoms with E-state index < -0.39 is 0 Å². The summed E-state index contributed by atoms with van der Waals surface area (Å²) in [4.78, 5) is 13.4. The lowest BCUT2D eigenvalue weighted by atomic mass is 9.95. The first-order valence-electron chi connectivity index (χ1n) is 11.1. The minimum Gasteiger partial charge on any atom is -0.325 e. The Hall–Kier alpha value is -3.07. The van der Waals surface area contributed by atoms with Crippen molar-refractivity contribution in [1.82, 2.24) is 8.97 Å². The highest BCUT2D eigenvalue weighted by Gasteiger charge is 2.28. The maximum Gasteiger partial charge on any atom is 0.180 e. The minimum absolute atomic E-state index is 0.242. The van der Waals surface area contributed by atoms with E-state index in [1.807, 2.05) is 0 Å². The SMILES string of the molecule is CCCC(=O)c1c(-c2ccc(C)cc2)c2c3n(c(-c4ccccc4)cn13)CCCC2. The number of rotatable bonds is 5. The lowest BCUT2D eigenvalue weighted by molar-refractivity contribution is 0.0977. The third-order valence-electron chi connectivity index (χ3n) is 6.28. The van der Waals surface area contributed by atoms with E-state index in [4.69, 9.17) is 0 Å². The molecule has 5 rings (SSSR count). The standard InChI is InChI=1S/C27H28N2O/c1-3-9-24(30)26-25(21-15-13-19(2)14-16-21)22-12-7-8-17-28-23(18-29(26)27(22)28)20-10-5-4-6-11-20/h4-6,10-11,13-16,18H,3,7-9,12,17H2,1-2H3. The molecule has 0 amide bonds. The molecule has 30 heavy (non-hydrogen) atoms. The Bertz CT molecular complexity index is 1210. The summed E-state index contributed by atoms with van der Waals surface area (Å²) in [7, 11) is 0. The summed E-state index contributed by atoms with van der Waals surface area (Å²) < 4.78 is 4.65. The molecule has 0 aliphatic carbocycles. The molecule has 3 heteroatoms. The molecule has 1 aliphatic rings. The number of carbonyl (C=O) groups excluding carboxylic acids is 1. The molecule has 3 heterocycles. The summed E-state index contributed by atoms with van der Waals surface area (Å²) in [5.74, 6) is 0.242. The Labute approximate surface area is 178 Å². The van der Waals surface area contributed by atoms with Crippen molar-refractivity contribution in [1.29, 1.82) is 0 Å². The Morgan fingerprint density at radius 3 is 2.47 bits per heavy atom. The third-order valence-corrected chi connectivity index (χ3v) is 6.28. The zero-order valence-corrected chi connectivity index (χ0v) is 17.8. The summed E-state index contributed by atoms with van der Waals surface area (Å²) >= 11 is 0. The molecular formula is C27H28N2O. The van der Waals surface area contributed by atoms with Gasteiger partial charge in [-0.1, -0.05) is 67.1 Å². The van der Waals surface area contributed by atoms with E-state index in [9.17, 15) is 4.79 Å². The molecule has 1 aliphatic heterocycles. The van der Waals surface area contributed by atoms with Crippen LogP contribution in [0.15, 0.2) is 60.8 Å². The Morgan fingerprint density at radius 1 is 0.967 bits per heavy atom. The molecular weight excluding hydrogens is 368 g/mol. The van der Waals surface area contributed by atoms with Gasteiger partial charge in [-0.25, -0.2) is 0 Å². The number of Topliss-reactive ketones (excluding diaryl/α,β-unsaturated/α-hetero) is 1. The van der Waals surface area contributed by atoms with E-state index in [1.165, 1.54) is 28.0 Å². The molecule has 2 aromatic carbocycles. The number of hydrogen-bond donors (Lipinski definition) is 0. The van der Waals surface area contributed by atoms with Crippen LogP contribution >= 0.6 is 0 Å². The number of aryl methyl sites for hydroxylation is 3. The predicted molar refractivity (Wildman–Crippen MR) is 123 cm³/mol. The largest absolute Gasteiger partial charge is 0.325 e. The van der Waals surface area contributed by atoms with Crippen molar-refractivity contribution in [3.63, 3.8) is 0 Å². The summed E-state index contributed by atoms with van der Waals surface area (Å²) in [5, 5.41) is 0. The normalized spacial score (nSPS) is 13.5. The summed E-state index contributed by atoms with van der Waals surface area (Å²) in [6.45, 7) is 5.18. The number of hydrogen-bond acceptors (Lipinski definition) is 1. The van der Waals surface area contributed by atoms with Crippen molar-refractivity contribution in [2.45, 2.75) is 52.5 Å². The number of ketones is 1. The van der Waals surface area contributed by atoms with Gasteiger partial charge in [-0.05, 0) is 43.7 Å². The third kappa shape index (κ3) is 3.00. The Kier molecular flexibility index (Phi) is 4.82. The van der Waals surface area contributed by atoms with Crippen molar-refractivity contribution in [2.75, 3.05) is 0 Å². The molecule has 3 nitrogen and oxygen atoms in total. The van der Waals surface area contributed by atoms with Gasteiger partial charge in [0.25, 0.3) is 0 Å². The van der Waals surface area contributed by atoms with Crippen LogP contribution in [0.2, 0.25) is 0 Å². The van der Waals surface area contributed by atoms with Crippen LogP contribution in [0.25, 0.3) is 28.0 Å². The van der Waals surface area contributed by atoms with Gasteiger partial charge in [0.1, 0.15) is 5.65 Å². The molecule has 0 spiro atoms. The van der Waals surface area contributed by atoms with Crippen LogP contribution in [-0.2, 0) is 13.0 Å². The second-order valence-electron chi connectivity index (χ2n) is 8.42.